The highest BCUT2D eigenvalue weighted by Crippen LogP contribution is 2.41. The van der Waals surface area contributed by atoms with Gasteiger partial charge in [0, 0.05) is 30.5 Å². The Bertz CT molecular complexity index is 1300. The molecule has 3 aromatic rings. The minimum Gasteiger partial charge on any atom is -0.507 e. The Hall–Kier alpha value is -4.13. The Kier molecular flexibility index (Phi) is 7.92. The summed E-state index contributed by atoms with van der Waals surface area (Å²) >= 11 is 0. The lowest BCUT2D eigenvalue weighted by molar-refractivity contribution is -0.140. The predicted octanol–water partition coefficient (Wildman–Crippen LogP) is 5.26. The molecule has 4 rings (SSSR count). The Labute approximate surface area is 218 Å². The highest BCUT2D eigenvalue weighted by molar-refractivity contribution is 6.46. The van der Waals surface area contributed by atoms with Gasteiger partial charge in [-0.25, -0.2) is 0 Å². The van der Waals surface area contributed by atoms with Crippen molar-refractivity contribution in [3.05, 3.63) is 94.8 Å². The molecule has 1 fully saturated rings. The Morgan fingerprint density at radius 2 is 1.76 bits per heavy atom. The van der Waals surface area contributed by atoms with Gasteiger partial charge in [0.1, 0.15) is 11.5 Å². The molecule has 2 aromatic carbocycles. The standard InChI is InChI=1S/C30H33N3O4/c1-5-32(6-2)24-14-11-21(12-15-24)27-26(28(34)22-13-16-25(37-7-3)20(4)18-22)29(35)30(36)33(27)19-23-10-8-9-17-31-23/h8-18,27,34H,5-7,19H2,1-4H3/b28-26-. The molecule has 0 aliphatic carbocycles. The van der Waals surface area contributed by atoms with Crippen LogP contribution < -0.4 is 9.64 Å². The number of anilines is 1. The molecule has 2 heterocycles. The zero-order valence-corrected chi connectivity index (χ0v) is 21.8. The van der Waals surface area contributed by atoms with Gasteiger partial charge >= 0.3 is 0 Å². The molecular formula is C30H33N3O4. The number of aliphatic hydroxyl groups is 1. The van der Waals surface area contributed by atoms with Crippen molar-refractivity contribution < 1.29 is 19.4 Å². The summed E-state index contributed by atoms with van der Waals surface area (Å²) in [4.78, 5) is 34.7. The number of hydrogen-bond acceptors (Lipinski definition) is 6. The van der Waals surface area contributed by atoms with Crippen LogP contribution in [0.2, 0.25) is 0 Å². The van der Waals surface area contributed by atoms with E-state index in [2.05, 4.69) is 23.7 Å². The van der Waals surface area contributed by atoms with E-state index in [1.54, 1.807) is 30.5 Å². The van der Waals surface area contributed by atoms with Crippen molar-refractivity contribution in [2.75, 3.05) is 24.6 Å². The first kappa shape index (κ1) is 25.9. The third kappa shape index (κ3) is 5.21. The maximum absolute atomic E-state index is 13.4. The van der Waals surface area contributed by atoms with Gasteiger partial charge in [-0.2, -0.15) is 0 Å². The lowest BCUT2D eigenvalue weighted by Gasteiger charge is -2.26. The van der Waals surface area contributed by atoms with E-state index < -0.39 is 17.7 Å². The number of likely N-dealkylation sites (tertiary alicyclic amines) is 1. The average molecular weight is 500 g/mol. The van der Waals surface area contributed by atoms with E-state index in [0.717, 1.165) is 29.9 Å². The van der Waals surface area contributed by atoms with Gasteiger partial charge in [0.2, 0.25) is 0 Å². The monoisotopic (exact) mass is 499 g/mol. The van der Waals surface area contributed by atoms with Crippen LogP contribution in [0.15, 0.2) is 72.4 Å². The molecule has 7 heteroatoms. The SMILES string of the molecule is CCOc1ccc(/C(O)=C2/C(=O)C(=O)N(Cc3ccccn3)C2c2ccc(N(CC)CC)cc2)cc1C. The number of aryl methyl sites for hydroxylation is 1. The van der Waals surface area contributed by atoms with Crippen LogP contribution in [0.3, 0.4) is 0 Å². The van der Waals surface area contributed by atoms with E-state index in [0.29, 0.717) is 23.6 Å². The van der Waals surface area contributed by atoms with Crippen LogP contribution >= 0.6 is 0 Å². The van der Waals surface area contributed by atoms with E-state index in [1.807, 2.05) is 50.2 Å². The Morgan fingerprint density at radius 3 is 2.35 bits per heavy atom. The van der Waals surface area contributed by atoms with Crippen molar-refractivity contribution in [3.8, 4) is 5.75 Å². The fourth-order valence-electron chi connectivity index (χ4n) is 4.78. The fraction of sp³-hybridized carbons (Fsp3) is 0.300. The summed E-state index contributed by atoms with van der Waals surface area (Å²) in [7, 11) is 0. The van der Waals surface area contributed by atoms with Gasteiger partial charge in [0.15, 0.2) is 0 Å². The summed E-state index contributed by atoms with van der Waals surface area (Å²) in [5, 5.41) is 11.4. The zero-order valence-electron chi connectivity index (χ0n) is 21.8. The highest BCUT2D eigenvalue weighted by atomic mass is 16.5. The second-order valence-corrected chi connectivity index (χ2v) is 8.93. The molecule has 1 aliphatic rings. The number of Topliss-reactive ketones (excluding diaryl/α,β-unsaturated/α-hetero) is 1. The summed E-state index contributed by atoms with van der Waals surface area (Å²) in [6, 6.07) is 17.8. The fourth-order valence-corrected chi connectivity index (χ4v) is 4.78. The van der Waals surface area contributed by atoms with Crippen molar-refractivity contribution in [2.45, 2.75) is 40.3 Å². The topological polar surface area (TPSA) is 83.0 Å². The molecule has 0 saturated carbocycles. The van der Waals surface area contributed by atoms with Gasteiger partial charge in [0.25, 0.3) is 11.7 Å². The Morgan fingerprint density at radius 1 is 1.03 bits per heavy atom. The van der Waals surface area contributed by atoms with Crippen LogP contribution in [0.5, 0.6) is 5.75 Å². The summed E-state index contributed by atoms with van der Waals surface area (Å²) < 4.78 is 5.62. The molecule has 192 valence electrons. The number of carbonyl (C=O) groups is 2. The quantitative estimate of drug-likeness (QED) is 0.246. The lowest BCUT2D eigenvalue weighted by atomic mass is 9.94. The molecule has 0 spiro atoms. The number of aromatic nitrogens is 1. The first-order valence-corrected chi connectivity index (χ1v) is 12.7. The van der Waals surface area contributed by atoms with E-state index in [-0.39, 0.29) is 17.9 Å². The van der Waals surface area contributed by atoms with Gasteiger partial charge in [-0.3, -0.25) is 14.6 Å². The second-order valence-electron chi connectivity index (χ2n) is 8.93. The van der Waals surface area contributed by atoms with Crippen molar-refractivity contribution >= 4 is 23.1 Å². The average Bonchev–Trinajstić information content (AvgIpc) is 3.16. The summed E-state index contributed by atoms with van der Waals surface area (Å²) in [6.07, 6.45) is 1.66. The van der Waals surface area contributed by atoms with Crippen LogP contribution in [-0.2, 0) is 16.1 Å². The normalized spacial score (nSPS) is 16.8. The number of ether oxygens (including phenoxy) is 1. The smallest absolute Gasteiger partial charge is 0.296 e. The molecule has 1 atom stereocenters. The predicted molar refractivity (Wildman–Crippen MR) is 144 cm³/mol. The van der Waals surface area contributed by atoms with Crippen LogP contribution in [-0.4, -0.2) is 46.4 Å². The molecule has 0 radical (unpaired) electrons. The molecule has 1 aromatic heterocycles. The molecule has 1 saturated heterocycles. The van der Waals surface area contributed by atoms with E-state index in [1.165, 1.54) is 4.90 Å². The molecule has 37 heavy (non-hydrogen) atoms. The zero-order chi connectivity index (χ0) is 26.5. The number of rotatable bonds is 9. The molecule has 1 N–H and O–H groups in total. The van der Waals surface area contributed by atoms with Gasteiger partial charge < -0.3 is 19.6 Å². The first-order chi connectivity index (χ1) is 17.9. The highest BCUT2D eigenvalue weighted by Gasteiger charge is 2.46. The summed E-state index contributed by atoms with van der Waals surface area (Å²) in [5.41, 5.74) is 3.81. The third-order valence-corrected chi connectivity index (χ3v) is 6.68. The molecule has 7 nitrogen and oxygen atoms in total. The number of benzene rings is 2. The molecule has 1 unspecified atom stereocenters. The maximum atomic E-state index is 13.4. The molecule has 0 bridgehead atoms. The van der Waals surface area contributed by atoms with Crippen molar-refractivity contribution in [1.82, 2.24) is 9.88 Å². The van der Waals surface area contributed by atoms with Gasteiger partial charge in [0.05, 0.1) is 30.5 Å². The number of aliphatic hydroxyl groups excluding tert-OH is 1. The maximum Gasteiger partial charge on any atom is 0.296 e. The number of pyridine rings is 1. The lowest BCUT2D eigenvalue weighted by Crippen LogP contribution is -2.29. The third-order valence-electron chi connectivity index (χ3n) is 6.68. The number of nitrogens with zero attached hydrogens (tertiary/aromatic N) is 3. The number of amides is 1. The number of ketones is 1. The Balaban J connectivity index is 1.82. The first-order valence-electron chi connectivity index (χ1n) is 12.7. The van der Waals surface area contributed by atoms with Gasteiger partial charge in [-0.15, -0.1) is 0 Å². The van der Waals surface area contributed by atoms with E-state index >= 15 is 0 Å². The number of hydrogen-bond donors (Lipinski definition) is 1. The summed E-state index contributed by atoms with van der Waals surface area (Å²) in [6.45, 7) is 10.4. The molecule has 1 amide bonds. The molecular weight excluding hydrogens is 466 g/mol. The summed E-state index contributed by atoms with van der Waals surface area (Å²) in [5.74, 6) is -0.866. The second kappa shape index (κ2) is 11.3. The van der Waals surface area contributed by atoms with Gasteiger partial charge in [-0.05, 0) is 81.3 Å². The van der Waals surface area contributed by atoms with Crippen LogP contribution in [0.4, 0.5) is 5.69 Å². The van der Waals surface area contributed by atoms with Crippen molar-refractivity contribution in [2.24, 2.45) is 0 Å². The van der Waals surface area contributed by atoms with E-state index in [9.17, 15) is 14.7 Å². The van der Waals surface area contributed by atoms with Crippen LogP contribution in [0.25, 0.3) is 5.76 Å². The minimum absolute atomic E-state index is 0.0695. The minimum atomic E-state index is -0.750. The van der Waals surface area contributed by atoms with E-state index in [4.69, 9.17) is 4.74 Å². The number of carbonyl (C=O) groups excluding carboxylic acids is 2. The van der Waals surface area contributed by atoms with Crippen LogP contribution in [0, 0.1) is 6.92 Å². The van der Waals surface area contributed by atoms with Crippen molar-refractivity contribution in [1.29, 1.82) is 0 Å². The van der Waals surface area contributed by atoms with Gasteiger partial charge in [-0.1, -0.05) is 18.2 Å². The molecule has 1 aliphatic heterocycles. The largest absolute Gasteiger partial charge is 0.507 e. The van der Waals surface area contributed by atoms with Crippen molar-refractivity contribution in [3.63, 3.8) is 0 Å². The van der Waals surface area contributed by atoms with Crippen LogP contribution in [0.1, 0.15) is 49.2 Å².